The predicted octanol–water partition coefficient (Wildman–Crippen LogP) is 1.60. The molecule has 2 rings (SSSR count). The Bertz CT molecular complexity index is 496. The summed E-state index contributed by atoms with van der Waals surface area (Å²) in [5.41, 5.74) is 0. The van der Waals surface area contributed by atoms with Crippen molar-refractivity contribution in [1.82, 2.24) is 9.21 Å². The number of nitrogens with zero attached hydrogens (tertiary/aromatic N) is 2. The molecule has 1 aromatic heterocycles. The Kier molecular flexibility index (Phi) is 5.49. The van der Waals surface area contributed by atoms with Crippen LogP contribution >= 0.6 is 11.6 Å². The maximum atomic E-state index is 12.2. The molecule has 5 nitrogen and oxygen atoms in total. The van der Waals surface area contributed by atoms with E-state index in [0.29, 0.717) is 19.0 Å². The molecule has 7 heteroatoms. The van der Waals surface area contributed by atoms with E-state index in [0.717, 1.165) is 25.4 Å². The van der Waals surface area contributed by atoms with E-state index in [4.69, 9.17) is 16.0 Å². The lowest BCUT2D eigenvalue weighted by Gasteiger charge is -2.33. The third-order valence-corrected chi connectivity index (χ3v) is 6.11. The SMILES string of the molecule is CC(CCl)CS(=O)(=O)N1CCN(Cc2ccco2)CC1. The molecule has 0 amide bonds. The fourth-order valence-corrected chi connectivity index (χ4v) is 4.30. The quantitative estimate of drug-likeness (QED) is 0.747. The zero-order chi connectivity index (χ0) is 14.6. The lowest BCUT2D eigenvalue weighted by Crippen LogP contribution is -2.49. The summed E-state index contributed by atoms with van der Waals surface area (Å²) >= 11 is 5.70. The highest BCUT2D eigenvalue weighted by molar-refractivity contribution is 7.89. The van der Waals surface area contributed by atoms with E-state index in [2.05, 4.69) is 4.90 Å². The molecule has 0 bridgehead atoms. The number of hydrogen-bond donors (Lipinski definition) is 0. The molecule has 1 aromatic rings. The molecule has 1 fully saturated rings. The van der Waals surface area contributed by atoms with Gasteiger partial charge in [0.1, 0.15) is 5.76 Å². The number of rotatable bonds is 6. The first-order valence-corrected chi connectivity index (χ1v) is 8.94. The monoisotopic (exact) mass is 320 g/mol. The molecule has 1 atom stereocenters. The molecule has 0 saturated carbocycles. The number of furan rings is 1. The first kappa shape index (κ1) is 15.8. The van der Waals surface area contributed by atoms with Crippen molar-refractivity contribution in [2.75, 3.05) is 37.8 Å². The van der Waals surface area contributed by atoms with Crippen LogP contribution in [-0.4, -0.2) is 55.4 Å². The van der Waals surface area contributed by atoms with Gasteiger partial charge in [-0.3, -0.25) is 4.90 Å². The van der Waals surface area contributed by atoms with Crippen molar-refractivity contribution in [3.63, 3.8) is 0 Å². The van der Waals surface area contributed by atoms with Gasteiger partial charge in [0.25, 0.3) is 0 Å². The van der Waals surface area contributed by atoms with E-state index in [1.54, 1.807) is 10.6 Å². The van der Waals surface area contributed by atoms with Gasteiger partial charge in [-0.1, -0.05) is 6.92 Å². The molecule has 0 spiro atoms. The van der Waals surface area contributed by atoms with Gasteiger partial charge in [0.2, 0.25) is 10.0 Å². The standard InChI is InChI=1S/C13H21ClN2O3S/c1-12(9-14)11-20(17,18)16-6-4-15(5-7-16)10-13-3-2-8-19-13/h2-3,8,12H,4-7,9-11H2,1H3. The van der Waals surface area contributed by atoms with Crippen molar-refractivity contribution in [3.05, 3.63) is 24.2 Å². The van der Waals surface area contributed by atoms with Gasteiger partial charge in [0.05, 0.1) is 18.6 Å². The summed E-state index contributed by atoms with van der Waals surface area (Å²) in [6.45, 7) is 5.14. The number of hydrogen-bond acceptors (Lipinski definition) is 4. The first-order valence-electron chi connectivity index (χ1n) is 6.80. The van der Waals surface area contributed by atoms with Gasteiger partial charge in [0.15, 0.2) is 0 Å². The summed E-state index contributed by atoms with van der Waals surface area (Å²) in [6, 6.07) is 3.80. The Morgan fingerprint density at radius 2 is 2.05 bits per heavy atom. The third kappa shape index (κ3) is 4.22. The average molecular weight is 321 g/mol. The van der Waals surface area contributed by atoms with Gasteiger partial charge >= 0.3 is 0 Å². The summed E-state index contributed by atoms with van der Waals surface area (Å²) in [7, 11) is -3.18. The van der Waals surface area contributed by atoms with E-state index < -0.39 is 10.0 Å². The Morgan fingerprint density at radius 1 is 1.35 bits per heavy atom. The highest BCUT2D eigenvalue weighted by atomic mass is 35.5. The average Bonchev–Trinajstić information content (AvgIpc) is 2.91. The van der Waals surface area contributed by atoms with Crippen LogP contribution in [0.15, 0.2) is 22.8 Å². The molecule has 1 unspecified atom stereocenters. The maximum Gasteiger partial charge on any atom is 0.214 e. The van der Waals surface area contributed by atoms with Crippen molar-refractivity contribution in [2.24, 2.45) is 5.92 Å². The molecular weight excluding hydrogens is 300 g/mol. The number of halogens is 1. The minimum absolute atomic E-state index is 0.0113. The number of sulfonamides is 1. The van der Waals surface area contributed by atoms with E-state index in [1.165, 1.54) is 0 Å². The Hall–Kier alpha value is -0.560. The van der Waals surface area contributed by atoms with E-state index >= 15 is 0 Å². The highest BCUT2D eigenvalue weighted by Gasteiger charge is 2.28. The van der Waals surface area contributed by atoms with Crippen LogP contribution in [0.25, 0.3) is 0 Å². The van der Waals surface area contributed by atoms with Crippen molar-refractivity contribution in [1.29, 1.82) is 0 Å². The summed E-state index contributed by atoms with van der Waals surface area (Å²) in [6.07, 6.45) is 1.66. The van der Waals surface area contributed by atoms with Crippen LogP contribution in [-0.2, 0) is 16.6 Å². The smallest absolute Gasteiger partial charge is 0.214 e. The van der Waals surface area contributed by atoms with E-state index in [9.17, 15) is 8.42 Å². The highest BCUT2D eigenvalue weighted by Crippen LogP contribution is 2.14. The Labute approximate surface area is 125 Å². The van der Waals surface area contributed by atoms with Crippen molar-refractivity contribution >= 4 is 21.6 Å². The molecule has 114 valence electrons. The van der Waals surface area contributed by atoms with Gasteiger partial charge in [0, 0.05) is 32.1 Å². The van der Waals surface area contributed by atoms with Crippen LogP contribution in [0.1, 0.15) is 12.7 Å². The minimum Gasteiger partial charge on any atom is -0.468 e. The summed E-state index contributed by atoms with van der Waals surface area (Å²) < 4.78 is 31.3. The molecule has 0 aromatic carbocycles. The van der Waals surface area contributed by atoms with E-state index in [1.807, 2.05) is 19.1 Å². The molecule has 1 saturated heterocycles. The van der Waals surface area contributed by atoms with Crippen LogP contribution < -0.4 is 0 Å². The van der Waals surface area contributed by atoms with Crippen LogP contribution in [0.4, 0.5) is 0 Å². The van der Waals surface area contributed by atoms with Gasteiger partial charge in [-0.15, -0.1) is 11.6 Å². The summed E-state index contributed by atoms with van der Waals surface area (Å²) in [4.78, 5) is 2.20. The molecule has 1 aliphatic heterocycles. The minimum atomic E-state index is -3.18. The van der Waals surface area contributed by atoms with Crippen LogP contribution in [0.5, 0.6) is 0 Å². The molecule has 0 radical (unpaired) electrons. The second-order valence-corrected chi connectivity index (χ2v) is 7.61. The first-order chi connectivity index (χ1) is 9.51. The van der Waals surface area contributed by atoms with Crippen molar-refractivity contribution in [2.45, 2.75) is 13.5 Å². The fraction of sp³-hybridized carbons (Fsp3) is 0.692. The molecule has 0 aliphatic carbocycles. The zero-order valence-corrected chi connectivity index (χ0v) is 13.2. The number of alkyl halides is 1. The normalized spacial score (nSPS) is 20.1. The fourth-order valence-electron chi connectivity index (χ4n) is 2.30. The van der Waals surface area contributed by atoms with Gasteiger partial charge in [-0.05, 0) is 18.1 Å². The van der Waals surface area contributed by atoms with Gasteiger partial charge in [-0.25, -0.2) is 8.42 Å². The Balaban J connectivity index is 1.84. The van der Waals surface area contributed by atoms with Crippen LogP contribution in [0, 0.1) is 5.92 Å². The number of piperazine rings is 1. The van der Waals surface area contributed by atoms with Crippen LogP contribution in [0.2, 0.25) is 0 Å². The predicted molar refractivity (Wildman–Crippen MR) is 79.2 cm³/mol. The van der Waals surface area contributed by atoms with Gasteiger partial charge in [-0.2, -0.15) is 4.31 Å². The lowest BCUT2D eigenvalue weighted by molar-refractivity contribution is 0.170. The zero-order valence-electron chi connectivity index (χ0n) is 11.7. The molecule has 1 aliphatic rings. The largest absolute Gasteiger partial charge is 0.468 e. The van der Waals surface area contributed by atoms with E-state index in [-0.39, 0.29) is 11.7 Å². The molecular formula is C13H21ClN2O3S. The third-order valence-electron chi connectivity index (χ3n) is 3.44. The summed E-state index contributed by atoms with van der Waals surface area (Å²) in [5.74, 6) is 1.41. The molecule has 20 heavy (non-hydrogen) atoms. The molecule has 0 N–H and O–H groups in total. The second kappa shape index (κ2) is 6.93. The lowest BCUT2D eigenvalue weighted by atomic mass is 10.3. The van der Waals surface area contributed by atoms with Crippen molar-refractivity contribution in [3.8, 4) is 0 Å². The van der Waals surface area contributed by atoms with Crippen molar-refractivity contribution < 1.29 is 12.8 Å². The Morgan fingerprint density at radius 3 is 2.60 bits per heavy atom. The van der Waals surface area contributed by atoms with Gasteiger partial charge < -0.3 is 4.42 Å². The maximum absolute atomic E-state index is 12.2. The second-order valence-electron chi connectivity index (χ2n) is 5.29. The summed E-state index contributed by atoms with van der Waals surface area (Å²) in [5, 5.41) is 0. The topological polar surface area (TPSA) is 53.8 Å². The molecule has 2 heterocycles. The van der Waals surface area contributed by atoms with Crippen LogP contribution in [0.3, 0.4) is 0 Å².